The summed E-state index contributed by atoms with van der Waals surface area (Å²) in [7, 11) is -3.09. The third kappa shape index (κ3) is 4.77. The number of rotatable bonds is 6. The Morgan fingerprint density at radius 2 is 1.83 bits per heavy atom. The first-order valence-electron chi connectivity index (χ1n) is 9.94. The van der Waals surface area contributed by atoms with Crippen molar-refractivity contribution in [2.45, 2.75) is 32.7 Å². The van der Waals surface area contributed by atoms with Crippen molar-refractivity contribution in [1.82, 2.24) is 9.80 Å². The van der Waals surface area contributed by atoms with Crippen LogP contribution in [-0.4, -0.2) is 73.1 Å². The standard InChI is InChI=1S/C20H27N3O5S/c1-3-22(4-2)20(26)14-5-7-16(8-6-14)21-19(25)15-11-18(24)23(12-15)17-9-10-29(27,28)13-17/h5-8,15,17H,3-4,9-13H2,1-2H3,(H,21,25). The predicted octanol–water partition coefficient (Wildman–Crippen LogP) is 1.14. The summed E-state index contributed by atoms with van der Waals surface area (Å²) in [6.45, 7) is 5.33. The van der Waals surface area contributed by atoms with Gasteiger partial charge in [0.15, 0.2) is 9.84 Å². The van der Waals surface area contributed by atoms with E-state index in [1.165, 1.54) is 0 Å². The Morgan fingerprint density at radius 1 is 1.17 bits per heavy atom. The quantitative estimate of drug-likeness (QED) is 0.742. The maximum absolute atomic E-state index is 12.6. The molecule has 2 saturated heterocycles. The number of anilines is 1. The van der Waals surface area contributed by atoms with Gasteiger partial charge < -0.3 is 15.1 Å². The normalized spacial score (nSPS) is 23.2. The minimum atomic E-state index is -3.09. The molecule has 158 valence electrons. The van der Waals surface area contributed by atoms with Gasteiger partial charge in [0.05, 0.1) is 17.4 Å². The maximum atomic E-state index is 12.6. The first-order chi connectivity index (χ1) is 13.7. The Balaban J connectivity index is 1.59. The average molecular weight is 422 g/mol. The highest BCUT2D eigenvalue weighted by atomic mass is 32.2. The first-order valence-corrected chi connectivity index (χ1v) is 11.8. The highest BCUT2D eigenvalue weighted by molar-refractivity contribution is 7.91. The number of hydrogen-bond donors (Lipinski definition) is 1. The molecular weight excluding hydrogens is 394 g/mol. The van der Waals surface area contributed by atoms with E-state index in [9.17, 15) is 22.8 Å². The van der Waals surface area contributed by atoms with Gasteiger partial charge in [-0.3, -0.25) is 14.4 Å². The Kier molecular flexibility index (Phi) is 6.26. The number of nitrogens with one attached hydrogen (secondary N) is 1. The van der Waals surface area contributed by atoms with Gasteiger partial charge in [0.2, 0.25) is 11.8 Å². The van der Waals surface area contributed by atoms with Crippen LogP contribution >= 0.6 is 0 Å². The molecule has 9 heteroatoms. The van der Waals surface area contributed by atoms with E-state index in [-0.39, 0.29) is 48.2 Å². The predicted molar refractivity (Wildman–Crippen MR) is 109 cm³/mol. The molecule has 29 heavy (non-hydrogen) atoms. The van der Waals surface area contributed by atoms with Crippen LogP contribution in [0.25, 0.3) is 0 Å². The van der Waals surface area contributed by atoms with Crippen LogP contribution in [0.5, 0.6) is 0 Å². The van der Waals surface area contributed by atoms with Gasteiger partial charge >= 0.3 is 0 Å². The lowest BCUT2D eigenvalue weighted by Gasteiger charge is -2.23. The van der Waals surface area contributed by atoms with Crippen LogP contribution < -0.4 is 5.32 Å². The van der Waals surface area contributed by atoms with Gasteiger partial charge in [-0.2, -0.15) is 0 Å². The van der Waals surface area contributed by atoms with Gasteiger partial charge in [-0.05, 0) is 44.5 Å². The molecule has 3 amide bonds. The summed E-state index contributed by atoms with van der Waals surface area (Å²) in [6.07, 6.45) is 0.519. The largest absolute Gasteiger partial charge is 0.339 e. The highest BCUT2D eigenvalue weighted by Crippen LogP contribution is 2.27. The molecule has 1 aromatic carbocycles. The molecule has 0 radical (unpaired) electrons. The molecule has 0 spiro atoms. The Bertz CT molecular complexity index is 893. The van der Waals surface area contributed by atoms with Crippen molar-refractivity contribution in [1.29, 1.82) is 0 Å². The summed E-state index contributed by atoms with van der Waals surface area (Å²) in [5.74, 6) is -0.942. The van der Waals surface area contributed by atoms with Crippen molar-refractivity contribution in [3.8, 4) is 0 Å². The summed E-state index contributed by atoms with van der Waals surface area (Å²) in [5.41, 5.74) is 1.11. The van der Waals surface area contributed by atoms with E-state index >= 15 is 0 Å². The average Bonchev–Trinajstić information content (AvgIpc) is 3.25. The van der Waals surface area contributed by atoms with Crippen LogP contribution in [0, 0.1) is 5.92 Å². The zero-order valence-corrected chi connectivity index (χ0v) is 17.6. The third-order valence-corrected chi connectivity index (χ3v) is 7.38. The van der Waals surface area contributed by atoms with E-state index in [1.54, 1.807) is 34.1 Å². The number of nitrogens with zero attached hydrogens (tertiary/aromatic N) is 2. The number of likely N-dealkylation sites (tertiary alicyclic amines) is 1. The van der Waals surface area contributed by atoms with E-state index in [4.69, 9.17) is 0 Å². The molecule has 1 N–H and O–H groups in total. The van der Waals surface area contributed by atoms with Crippen LogP contribution in [0.4, 0.5) is 5.69 Å². The fourth-order valence-corrected chi connectivity index (χ4v) is 5.65. The first kappa shape index (κ1) is 21.3. The number of benzene rings is 1. The van der Waals surface area contributed by atoms with E-state index in [1.807, 2.05) is 13.8 Å². The molecule has 2 unspecified atom stereocenters. The Morgan fingerprint density at radius 3 is 2.38 bits per heavy atom. The summed E-state index contributed by atoms with van der Waals surface area (Å²) in [4.78, 5) is 40.5. The zero-order chi connectivity index (χ0) is 21.2. The van der Waals surface area contributed by atoms with Gasteiger partial charge in [-0.15, -0.1) is 0 Å². The zero-order valence-electron chi connectivity index (χ0n) is 16.8. The minimum absolute atomic E-state index is 0.0187. The summed E-state index contributed by atoms with van der Waals surface area (Å²) in [5, 5.41) is 2.79. The SMILES string of the molecule is CCN(CC)C(=O)c1ccc(NC(=O)C2CC(=O)N(C3CCS(=O)(=O)C3)C2)cc1. The lowest BCUT2D eigenvalue weighted by atomic mass is 10.1. The van der Waals surface area contributed by atoms with Crippen LogP contribution in [0.15, 0.2) is 24.3 Å². The number of amides is 3. The maximum Gasteiger partial charge on any atom is 0.253 e. The second kappa shape index (κ2) is 8.52. The van der Waals surface area contributed by atoms with E-state index in [2.05, 4.69) is 5.32 Å². The molecule has 2 atom stereocenters. The summed E-state index contributed by atoms with van der Waals surface area (Å²) < 4.78 is 23.3. The second-order valence-corrected chi connectivity index (χ2v) is 9.78. The van der Waals surface area contributed by atoms with Crippen molar-refractivity contribution < 1.29 is 22.8 Å². The highest BCUT2D eigenvalue weighted by Gasteiger charge is 2.41. The van der Waals surface area contributed by atoms with Crippen molar-refractivity contribution in [3.63, 3.8) is 0 Å². The minimum Gasteiger partial charge on any atom is -0.339 e. The van der Waals surface area contributed by atoms with Gasteiger partial charge in [-0.25, -0.2) is 8.42 Å². The van der Waals surface area contributed by atoms with Gasteiger partial charge in [0, 0.05) is 43.3 Å². The van der Waals surface area contributed by atoms with Gasteiger partial charge in [0.25, 0.3) is 5.91 Å². The van der Waals surface area contributed by atoms with E-state index < -0.39 is 15.8 Å². The molecule has 0 aromatic heterocycles. The fraction of sp³-hybridized carbons (Fsp3) is 0.550. The molecule has 2 heterocycles. The molecule has 2 aliphatic heterocycles. The number of carbonyl (C=O) groups excluding carboxylic acids is 3. The number of sulfone groups is 1. The topological polar surface area (TPSA) is 104 Å². The molecule has 2 aliphatic rings. The number of carbonyl (C=O) groups is 3. The van der Waals surface area contributed by atoms with Crippen molar-refractivity contribution in [3.05, 3.63) is 29.8 Å². The Hall–Kier alpha value is -2.42. The summed E-state index contributed by atoms with van der Waals surface area (Å²) >= 11 is 0. The molecule has 0 aliphatic carbocycles. The second-order valence-electron chi connectivity index (χ2n) is 7.55. The molecule has 1 aromatic rings. The van der Waals surface area contributed by atoms with Crippen molar-refractivity contribution >= 4 is 33.2 Å². The fourth-order valence-electron chi connectivity index (χ4n) is 3.92. The smallest absolute Gasteiger partial charge is 0.253 e. The van der Waals surface area contributed by atoms with E-state index in [0.29, 0.717) is 30.8 Å². The van der Waals surface area contributed by atoms with Gasteiger partial charge in [-0.1, -0.05) is 0 Å². The number of hydrogen-bond acceptors (Lipinski definition) is 5. The molecule has 8 nitrogen and oxygen atoms in total. The molecule has 2 fully saturated rings. The monoisotopic (exact) mass is 421 g/mol. The van der Waals surface area contributed by atoms with Crippen molar-refractivity contribution in [2.24, 2.45) is 5.92 Å². The van der Waals surface area contributed by atoms with Crippen LogP contribution in [0.1, 0.15) is 37.0 Å². The summed E-state index contributed by atoms with van der Waals surface area (Å²) in [6, 6.07) is 6.37. The molecule has 0 saturated carbocycles. The van der Waals surface area contributed by atoms with Crippen LogP contribution in [-0.2, 0) is 19.4 Å². The molecule has 0 bridgehead atoms. The third-order valence-electron chi connectivity index (χ3n) is 5.63. The lowest BCUT2D eigenvalue weighted by Crippen LogP contribution is -2.38. The Labute approximate surface area is 171 Å². The van der Waals surface area contributed by atoms with E-state index in [0.717, 1.165) is 0 Å². The van der Waals surface area contributed by atoms with Crippen molar-refractivity contribution in [2.75, 3.05) is 36.5 Å². The van der Waals surface area contributed by atoms with Crippen LogP contribution in [0.2, 0.25) is 0 Å². The molecule has 3 rings (SSSR count). The van der Waals surface area contributed by atoms with Crippen LogP contribution in [0.3, 0.4) is 0 Å². The molecular formula is C20H27N3O5S. The lowest BCUT2D eigenvalue weighted by molar-refractivity contribution is -0.129. The van der Waals surface area contributed by atoms with Gasteiger partial charge in [0.1, 0.15) is 0 Å².